The lowest BCUT2D eigenvalue weighted by Crippen LogP contribution is -2.61. The Hall–Kier alpha value is -14.6. The SMILES string of the molecule is CC(C)CC1NC(=O)C(Cc2ccc(O)cc2)NC(=O)C(Cc2ccccc2)NC(=O)CSCC(C(=O)NCC(=O)NCC(=O)NCC(=O)NCC(=O)N[C@@H](CS)C(N)=O)NC(=O)C(CC(C)C)NC(=O)C(Cc2ccccc2)N(C)C(=O)C(Cc2ccc(O)cc2)NC(=O)C(Cc2c[nH]c3ccccc23)NC(=O)CNC(=O)C(CO)NC(=O)C(Cc2ccc(O)cc2)NC(=O)C(C(C)C)NC1=O. The maximum Gasteiger partial charge on any atom is 0.245 e. The number of carbonyl (C=O) groups excluding carboxylic acids is 18. The zero-order chi connectivity index (χ0) is 101. The Morgan fingerprint density at radius 2 is 0.833 bits per heavy atom. The number of aromatic amines is 1. The van der Waals surface area contributed by atoms with Crippen molar-refractivity contribution in [3.05, 3.63) is 197 Å². The maximum atomic E-state index is 15.8. The van der Waals surface area contributed by atoms with Crippen LogP contribution in [0.25, 0.3) is 10.9 Å². The van der Waals surface area contributed by atoms with Gasteiger partial charge in [0.15, 0.2) is 0 Å². The largest absolute Gasteiger partial charge is 0.508 e. The molecule has 6 aromatic carbocycles. The molecule has 1 aromatic heterocycles. The van der Waals surface area contributed by atoms with Gasteiger partial charge in [0.1, 0.15) is 89.8 Å². The van der Waals surface area contributed by atoms with Crippen LogP contribution in [0, 0.1) is 17.8 Å². The summed E-state index contributed by atoms with van der Waals surface area (Å²) in [4.78, 5) is 262. The van der Waals surface area contributed by atoms with E-state index in [2.05, 4.69) is 103 Å². The lowest BCUT2D eigenvalue weighted by molar-refractivity contribution is -0.143. The van der Waals surface area contributed by atoms with E-state index in [-0.39, 0.29) is 80.3 Å². The number of phenolic OH excluding ortho intramolecular Hbond substituents is 3. The van der Waals surface area contributed by atoms with Crippen LogP contribution in [-0.4, -0.2) is 273 Å². The number of para-hydroxylation sites is 1. The summed E-state index contributed by atoms with van der Waals surface area (Å²) in [6, 6.07) is 21.7. The van der Waals surface area contributed by atoms with E-state index < -0.39 is 242 Å². The third kappa shape index (κ3) is 35.6. The smallest absolute Gasteiger partial charge is 0.245 e. The number of fused-ring (bicyclic) bond motifs is 1. The molecule has 43 heteroatoms. The molecule has 12 atom stereocenters. The Morgan fingerprint density at radius 1 is 0.435 bits per heavy atom. The van der Waals surface area contributed by atoms with Gasteiger partial charge in [0.25, 0.3) is 0 Å². The molecule has 23 N–H and O–H groups in total. The van der Waals surface area contributed by atoms with Gasteiger partial charge in [0.2, 0.25) is 106 Å². The van der Waals surface area contributed by atoms with Gasteiger partial charge < -0.3 is 121 Å². The van der Waals surface area contributed by atoms with E-state index in [1.54, 1.807) is 133 Å². The number of aliphatic hydroxyl groups excluding tert-OH is 1. The van der Waals surface area contributed by atoms with E-state index >= 15 is 28.8 Å². The van der Waals surface area contributed by atoms with Crippen molar-refractivity contribution >= 4 is 142 Å². The average molecular weight is 1950 g/mol. The molecule has 11 unspecified atom stereocenters. The maximum absolute atomic E-state index is 15.8. The molecule has 8 rings (SSSR count). The lowest BCUT2D eigenvalue weighted by atomic mass is 9.98. The summed E-state index contributed by atoms with van der Waals surface area (Å²) >= 11 is 4.70. The standard InChI is InChI=1S/C95H121N19O22S2/c1-52(2)34-66-87(128)112-75(86(127)101-45-79(121)99-43-77(119)98-44-78(120)100-46-80(122)105-74(49-137)84(96)125)50-138-51-82(124)104-68(36-55-16-10-8-11-17-55)88(129)107-69(37-57-22-28-61(116)29-23-57)89(130)106-67(35-53(3)4)92(133)113-83(54(5)6)94(135)109-70(38-58-24-30-62(117)31-25-58)90(131)111-73(48-115)85(126)102-47-81(123)103-71(41-60-42-97-65-21-15-14-20-64(60)65)91(132)110-72(39-59-26-32-63(118)33-27-59)95(136)114(7)76(93(134)108-66)40-56-18-12-9-13-19-56/h8-33,42,52-54,66-76,83,97,115-118,137H,34-41,43-51H2,1-7H3,(H2,96,125)(H,98,119)(H,99,121)(H,100,120)(H,101,127)(H,102,126)(H,103,123)(H,104,124)(H,105,122)(H,106,130)(H,107,129)(H,108,134)(H,109,135)(H,110,132)(H,111,131)(H,112,128)(H,113,133)/t66?,67?,68?,69?,70?,71?,72?,73?,74-,75?,76?,83?/m0/s1. The van der Waals surface area contributed by atoms with Crippen molar-refractivity contribution in [3.8, 4) is 17.2 Å². The number of nitrogens with one attached hydrogen (secondary N) is 17. The molecule has 7 aromatic rings. The number of thioether (sulfide) groups is 1. The van der Waals surface area contributed by atoms with Gasteiger partial charge in [-0.25, -0.2) is 0 Å². The summed E-state index contributed by atoms with van der Waals surface area (Å²) in [5.74, 6) is -20.4. The molecule has 2 heterocycles. The first kappa shape index (κ1) is 109. The number of carbonyl (C=O) groups is 18. The van der Waals surface area contributed by atoms with E-state index in [4.69, 9.17) is 5.73 Å². The first-order valence-electron chi connectivity index (χ1n) is 44.7. The van der Waals surface area contributed by atoms with Gasteiger partial charge in [0.05, 0.1) is 45.1 Å². The van der Waals surface area contributed by atoms with Crippen molar-refractivity contribution in [2.75, 3.05) is 63.6 Å². The van der Waals surface area contributed by atoms with Crippen LogP contribution in [0.2, 0.25) is 0 Å². The van der Waals surface area contributed by atoms with Crippen LogP contribution < -0.4 is 90.8 Å². The average Bonchev–Trinajstić information content (AvgIpc) is 1.19. The van der Waals surface area contributed by atoms with E-state index in [9.17, 15) is 78.0 Å². The summed E-state index contributed by atoms with van der Waals surface area (Å²) in [7, 11) is 1.28. The van der Waals surface area contributed by atoms with Crippen molar-refractivity contribution in [2.24, 2.45) is 23.5 Å². The lowest BCUT2D eigenvalue weighted by Gasteiger charge is -2.33. The number of aromatic hydroxyl groups is 3. The topological polar surface area (TPSA) is 626 Å². The fourth-order valence-corrected chi connectivity index (χ4v) is 15.8. The minimum Gasteiger partial charge on any atom is -0.508 e. The van der Waals surface area contributed by atoms with E-state index in [0.29, 0.717) is 44.3 Å². The molecule has 0 spiro atoms. The zero-order valence-electron chi connectivity index (χ0n) is 77.3. The first-order valence-corrected chi connectivity index (χ1v) is 46.5. The summed E-state index contributed by atoms with van der Waals surface area (Å²) in [6.07, 6.45) is -0.374. The number of nitrogens with zero attached hydrogens (tertiary/aromatic N) is 1. The van der Waals surface area contributed by atoms with Gasteiger partial charge >= 0.3 is 0 Å². The summed E-state index contributed by atoms with van der Waals surface area (Å²) in [5.41, 5.74) is 8.46. The Morgan fingerprint density at radius 3 is 1.32 bits per heavy atom. The Kier molecular flexibility index (Phi) is 42.7. The van der Waals surface area contributed by atoms with Crippen molar-refractivity contribution in [1.82, 2.24) is 95.0 Å². The Labute approximate surface area is 806 Å². The molecule has 1 fully saturated rings. The third-order valence-electron chi connectivity index (χ3n) is 22.0. The van der Waals surface area contributed by atoms with E-state index in [1.165, 1.54) is 79.8 Å². The highest BCUT2D eigenvalue weighted by molar-refractivity contribution is 8.00. The number of H-pyrrole nitrogens is 1. The molecular weight excluding hydrogens is 1820 g/mol. The number of likely N-dealkylation sites (N-methyl/N-ethyl adjacent to an activating group) is 1. The second-order valence-corrected chi connectivity index (χ2v) is 35.7. The van der Waals surface area contributed by atoms with Gasteiger partial charge in [-0.3, -0.25) is 86.3 Å². The quantitative estimate of drug-likeness (QED) is 0.0210. The van der Waals surface area contributed by atoms with E-state index in [0.717, 1.165) is 16.7 Å². The summed E-state index contributed by atoms with van der Waals surface area (Å²) in [6.45, 7) is 5.11. The van der Waals surface area contributed by atoms with Crippen molar-refractivity contribution in [1.29, 1.82) is 0 Å². The number of amides is 18. The van der Waals surface area contributed by atoms with Gasteiger partial charge in [-0.05, 0) is 106 Å². The van der Waals surface area contributed by atoms with Crippen LogP contribution in [0.5, 0.6) is 17.2 Å². The second-order valence-electron chi connectivity index (χ2n) is 34.3. The first-order chi connectivity index (χ1) is 65.7. The van der Waals surface area contributed by atoms with E-state index in [1.807, 2.05) is 0 Å². The van der Waals surface area contributed by atoms with Gasteiger partial charge in [-0.15, -0.1) is 11.8 Å². The Balaban J connectivity index is 1.18. The minimum absolute atomic E-state index is 0.0818. The van der Waals surface area contributed by atoms with Gasteiger partial charge in [-0.2, -0.15) is 12.6 Å². The fourth-order valence-electron chi connectivity index (χ4n) is 14.6. The van der Waals surface area contributed by atoms with Crippen molar-refractivity contribution in [2.45, 2.75) is 165 Å². The normalized spacial score (nSPS) is 20.8. The number of phenols is 3. The molecule has 1 aliphatic rings. The van der Waals surface area contributed by atoms with Crippen LogP contribution >= 0.6 is 24.4 Å². The highest BCUT2D eigenvalue weighted by Crippen LogP contribution is 2.24. The molecule has 1 aliphatic heterocycles. The number of nitrogens with two attached hydrogens (primary N) is 1. The van der Waals surface area contributed by atoms with Crippen LogP contribution in [0.4, 0.5) is 0 Å². The molecule has 0 radical (unpaired) electrons. The molecule has 41 nitrogen and oxygen atoms in total. The van der Waals surface area contributed by atoms with Crippen LogP contribution in [0.3, 0.4) is 0 Å². The minimum atomic E-state index is -1.85. The van der Waals surface area contributed by atoms with Crippen molar-refractivity contribution in [3.63, 3.8) is 0 Å². The number of benzene rings is 6. The number of aliphatic hydroxyl groups is 1. The highest BCUT2D eigenvalue weighted by Gasteiger charge is 2.40. The monoisotopic (exact) mass is 1940 g/mol. The predicted octanol–water partition coefficient (Wildman–Crippen LogP) is -2.32. The van der Waals surface area contributed by atoms with Crippen LogP contribution in [0.15, 0.2) is 164 Å². The third-order valence-corrected chi connectivity index (χ3v) is 23.4. The second kappa shape index (κ2) is 54.2. The molecule has 138 heavy (non-hydrogen) atoms. The van der Waals surface area contributed by atoms with Crippen molar-refractivity contribution < 1.29 is 107 Å². The number of primary amides is 1. The molecule has 740 valence electrons. The van der Waals surface area contributed by atoms with Crippen LogP contribution in [0.1, 0.15) is 87.8 Å². The number of thiol groups is 1. The van der Waals surface area contributed by atoms with Gasteiger partial charge in [0, 0.05) is 74.2 Å². The number of hydrogen-bond acceptors (Lipinski definition) is 24. The molecule has 0 bridgehead atoms. The van der Waals surface area contributed by atoms with Crippen LogP contribution in [-0.2, 0) is 125 Å². The summed E-state index contributed by atoms with van der Waals surface area (Å²) in [5, 5.41) is 83.2. The van der Waals surface area contributed by atoms with Gasteiger partial charge in [-0.1, -0.05) is 157 Å². The summed E-state index contributed by atoms with van der Waals surface area (Å²) < 4.78 is 0. The molecule has 1 saturated heterocycles. The Bertz CT molecular complexity index is 5410. The number of rotatable bonds is 30. The molecule has 0 aliphatic carbocycles. The molecule has 0 saturated carbocycles. The predicted molar refractivity (Wildman–Crippen MR) is 512 cm³/mol. The fraction of sp³-hybridized carbons (Fsp3) is 0.411. The number of hydrogen-bond donors (Lipinski definition) is 23. The number of aromatic nitrogens is 1. The zero-order valence-corrected chi connectivity index (χ0v) is 79.0. The molecule has 18 amide bonds. The highest BCUT2D eigenvalue weighted by atomic mass is 32.2. The molecular formula is C95H121N19O22S2.